The zero-order chi connectivity index (χ0) is 24.0. The summed E-state index contributed by atoms with van der Waals surface area (Å²) in [6.45, 7) is 1.08. The van der Waals surface area contributed by atoms with E-state index in [-0.39, 0.29) is 29.4 Å². The van der Waals surface area contributed by atoms with Gasteiger partial charge < -0.3 is 14.8 Å². The van der Waals surface area contributed by atoms with Gasteiger partial charge in [0.2, 0.25) is 10.0 Å². The number of carbonyl (C=O) groups excluding carboxylic acids is 2. The van der Waals surface area contributed by atoms with Gasteiger partial charge in [-0.15, -0.1) is 5.10 Å². The molecule has 0 saturated carbocycles. The highest BCUT2D eigenvalue weighted by molar-refractivity contribution is 7.89. The molecule has 2 aromatic carbocycles. The van der Waals surface area contributed by atoms with E-state index in [4.69, 9.17) is 9.47 Å². The van der Waals surface area contributed by atoms with Gasteiger partial charge in [-0.3, -0.25) is 4.79 Å². The van der Waals surface area contributed by atoms with Crippen LogP contribution in [0.4, 0.5) is 5.69 Å². The van der Waals surface area contributed by atoms with Crippen LogP contribution in [0.1, 0.15) is 16.1 Å². The van der Waals surface area contributed by atoms with Gasteiger partial charge in [-0.05, 0) is 23.8 Å². The van der Waals surface area contributed by atoms with Gasteiger partial charge in [0.1, 0.15) is 0 Å². The van der Waals surface area contributed by atoms with Gasteiger partial charge >= 0.3 is 5.97 Å². The summed E-state index contributed by atoms with van der Waals surface area (Å²) in [7, 11) is -3.70. The van der Waals surface area contributed by atoms with Crippen molar-refractivity contribution < 1.29 is 27.5 Å². The highest BCUT2D eigenvalue weighted by Crippen LogP contribution is 2.20. The van der Waals surface area contributed by atoms with Crippen LogP contribution in [0.2, 0.25) is 0 Å². The van der Waals surface area contributed by atoms with Crippen LogP contribution in [0.3, 0.4) is 0 Å². The fourth-order valence-electron chi connectivity index (χ4n) is 3.31. The lowest BCUT2D eigenvalue weighted by Gasteiger charge is -2.26. The van der Waals surface area contributed by atoms with E-state index in [9.17, 15) is 18.0 Å². The highest BCUT2D eigenvalue weighted by atomic mass is 32.2. The lowest BCUT2D eigenvalue weighted by Crippen LogP contribution is -2.40. The third-order valence-electron chi connectivity index (χ3n) is 5.00. The number of sulfonamides is 1. The van der Waals surface area contributed by atoms with Crippen molar-refractivity contribution >= 4 is 27.6 Å². The SMILES string of the molecule is O=C(COC(=O)c1cn(Cc2ccccc2)nn1)Nc1cccc(S(=O)(=O)N2CCOCC2)c1. The maximum absolute atomic E-state index is 12.8. The normalized spacial score (nSPS) is 14.5. The second-order valence-electron chi connectivity index (χ2n) is 7.46. The van der Waals surface area contributed by atoms with E-state index in [1.165, 1.54) is 33.4 Å². The minimum atomic E-state index is -3.70. The number of rotatable bonds is 8. The summed E-state index contributed by atoms with van der Waals surface area (Å²) in [4.78, 5) is 24.5. The molecule has 11 nitrogen and oxygen atoms in total. The van der Waals surface area contributed by atoms with Gasteiger partial charge in [-0.25, -0.2) is 17.9 Å². The second-order valence-corrected chi connectivity index (χ2v) is 9.39. The average molecular weight is 486 g/mol. The first-order valence-electron chi connectivity index (χ1n) is 10.5. The zero-order valence-electron chi connectivity index (χ0n) is 18.2. The average Bonchev–Trinajstić information content (AvgIpc) is 3.32. The lowest BCUT2D eigenvalue weighted by molar-refractivity contribution is -0.119. The van der Waals surface area contributed by atoms with E-state index in [0.29, 0.717) is 19.8 Å². The Balaban J connectivity index is 1.31. The Morgan fingerprint density at radius 2 is 1.82 bits per heavy atom. The van der Waals surface area contributed by atoms with Gasteiger partial charge in [0.05, 0.1) is 30.9 Å². The van der Waals surface area contributed by atoms with Crippen molar-refractivity contribution in [1.82, 2.24) is 19.3 Å². The molecule has 0 bridgehead atoms. The fourth-order valence-corrected chi connectivity index (χ4v) is 4.77. The van der Waals surface area contributed by atoms with Crippen molar-refractivity contribution in [3.63, 3.8) is 0 Å². The molecule has 0 unspecified atom stereocenters. The molecule has 0 aliphatic carbocycles. The lowest BCUT2D eigenvalue weighted by atomic mass is 10.2. The summed E-state index contributed by atoms with van der Waals surface area (Å²) in [5.41, 5.74) is 1.23. The summed E-state index contributed by atoms with van der Waals surface area (Å²) in [5, 5.41) is 10.2. The number of nitrogens with zero attached hydrogens (tertiary/aromatic N) is 4. The molecular weight excluding hydrogens is 462 g/mol. The zero-order valence-corrected chi connectivity index (χ0v) is 19.0. The second kappa shape index (κ2) is 10.5. The van der Waals surface area contributed by atoms with E-state index in [1.807, 2.05) is 30.3 Å². The largest absolute Gasteiger partial charge is 0.451 e. The number of anilines is 1. The smallest absolute Gasteiger partial charge is 0.361 e. The maximum Gasteiger partial charge on any atom is 0.361 e. The van der Waals surface area contributed by atoms with Crippen LogP contribution >= 0.6 is 0 Å². The molecule has 2 heterocycles. The Kier molecular flexibility index (Phi) is 7.30. The maximum atomic E-state index is 12.8. The highest BCUT2D eigenvalue weighted by Gasteiger charge is 2.26. The van der Waals surface area contributed by atoms with E-state index in [1.54, 1.807) is 6.07 Å². The standard InChI is InChI=1S/C22H23N5O6S/c28-21(16-33-22(29)20-15-26(25-24-20)14-17-5-2-1-3-6-17)23-18-7-4-8-19(13-18)34(30,31)27-9-11-32-12-10-27/h1-8,13,15H,9-12,14,16H2,(H,23,28). The fraction of sp³-hybridized carbons (Fsp3) is 0.273. The molecule has 12 heteroatoms. The number of hydrogen-bond donors (Lipinski definition) is 1. The third-order valence-corrected chi connectivity index (χ3v) is 6.89. The van der Waals surface area contributed by atoms with Crippen molar-refractivity contribution in [2.75, 3.05) is 38.2 Å². The molecule has 0 radical (unpaired) electrons. The van der Waals surface area contributed by atoms with Crippen molar-refractivity contribution in [3.05, 3.63) is 72.1 Å². The Bertz CT molecular complexity index is 1260. The van der Waals surface area contributed by atoms with Crippen molar-refractivity contribution in [2.24, 2.45) is 0 Å². The summed E-state index contributed by atoms with van der Waals surface area (Å²) in [5.74, 6) is -1.41. The summed E-state index contributed by atoms with van der Waals surface area (Å²) in [6, 6.07) is 15.4. The number of ether oxygens (including phenoxy) is 2. The van der Waals surface area contributed by atoms with E-state index >= 15 is 0 Å². The van der Waals surface area contributed by atoms with Gasteiger partial charge in [0.15, 0.2) is 12.3 Å². The molecule has 34 heavy (non-hydrogen) atoms. The summed E-state index contributed by atoms with van der Waals surface area (Å²) in [6.07, 6.45) is 1.44. The Morgan fingerprint density at radius 3 is 2.59 bits per heavy atom. The molecule has 1 N–H and O–H groups in total. The number of hydrogen-bond acceptors (Lipinski definition) is 8. The summed E-state index contributed by atoms with van der Waals surface area (Å²) < 4.78 is 38.6. The van der Waals surface area contributed by atoms with Crippen LogP contribution < -0.4 is 5.32 Å². The van der Waals surface area contributed by atoms with E-state index in [2.05, 4.69) is 15.6 Å². The van der Waals surface area contributed by atoms with Gasteiger partial charge in [0.25, 0.3) is 5.91 Å². The predicted octanol–water partition coefficient (Wildman–Crippen LogP) is 1.14. The van der Waals surface area contributed by atoms with Crippen LogP contribution in [0, 0.1) is 0 Å². The number of nitrogens with one attached hydrogen (secondary N) is 1. The molecule has 1 fully saturated rings. The van der Waals surface area contributed by atoms with Gasteiger partial charge in [0, 0.05) is 18.8 Å². The Hall–Kier alpha value is -3.61. The molecule has 1 amide bonds. The summed E-state index contributed by atoms with van der Waals surface area (Å²) >= 11 is 0. The number of amides is 1. The topological polar surface area (TPSA) is 133 Å². The monoisotopic (exact) mass is 485 g/mol. The van der Waals surface area contributed by atoms with Crippen LogP contribution in [0.25, 0.3) is 0 Å². The van der Waals surface area contributed by atoms with Crippen molar-refractivity contribution in [3.8, 4) is 0 Å². The number of benzene rings is 2. The first kappa shape index (κ1) is 23.5. The van der Waals surface area contributed by atoms with E-state index < -0.39 is 28.5 Å². The van der Waals surface area contributed by atoms with Crippen LogP contribution in [0.5, 0.6) is 0 Å². The number of esters is 1. The van der Waals surface area contributed by atoms with Gasteiger partial charge in [-0.1, -0.05) is 41.6 Å². The Morgan fingerprint density at radius 1 is 1.06 bits per heavy atom. The van der Waals surface area contributed by atoms with Crippen molar-refractivity contribution in [2.45, 2.75) is 11.4 Å². The van der Waals surface area contributed by atoms with Crippen LogP contribution in [-0.2, 0) is 30.8 Å². The predicted molar refractivity (Wildman–Crippen MR) is 120 cm³/mol. The first-order valence-corrected chi connectivity index (χ1v) is 11.9. The molecule has 1 aliphatic rings. The molecule has 0 spiro atoms. The Labute approximate surface area is 196 Å². The van der Waals surface area contributed by atoms with Crippen LogP contribution in [0.15, 0.2) is 65.7 Å². The minimum Gasteiger partial charge on any atom is -0.451 e. The first-order chi connectivity index (χ1) is 16.4. The van der Waals surface area contributed by atoms with Crippen LogP contribution in [-0.4, -0.2) is 72.5 Å². The molecular formula is C22H23N5O6S. The van der Waals surface area contributed by atoms with Gasteiger partial charge in [-0.2, -0.15) is 4.31 Å². The molecule has 0 atom stereocenters. The molecule has 4 rings (SSSR count). The third kappa shape index (κ3) is 5.84. The number of aromatic nitrogens is 3. The van der Waals surface area contributed by atoms with Crippen molar-refractivity contribution in [1.29, 1.82) is 0 Å². The molecule has 178 valence electrons. The molecule has 1 aliphatic heterocycles. The molecule has 1 aromatic heterocycles. The molecule has 1 saturated heterocycles. The molecule has 3 aromatic rings. The minimum absolute atomic E-state index is 0.0256. The quantitative estimate of drug-likeness (QED) is 0.470. The van der Waals surface area contributed by atoms with E-state index in [0.717, 1.165) is 5.56 Å². The number of morpholine rings is 1. The number of carbonyl (C=O) groups is 2.